The molecule has 0 saturated heterocycles. The fourth-order valence-electron chi connectivity index (χ4n) is 2.26. The SMILES string of the molecule is COc1cnc(C(C)NC(=O)O)cc1-c1nn2ccnc2c(=O)[nH]1. The van der Waals surface area contributed by atoms with Gasteiger partial charge in [-0.3, -0.25) is 9.78 Å². The van der Waals surface area contributed by atoms with Crippen LogP contribution in [0.4, 0.5) is 4.79 Å². The number of amides is 1. The maximum absolute atomic E-state index is 12.1. The van der Waals surface area contributed by atoms with Gasteiger partial charge < -0.3 is 20.1 Å². The van der Waals surface area contributed by atoms with Gasteiger partial charge in [0.1, 0.15) is 5.75 Å². The summed E-state index contributed by atoms with van der Waals surface area (Å²) in [5.74, 6) is 0.650. The standard InChI is InChI=1S/C14H14N6O4/c1-7(17-14(22)23)9-5-8(10(24-2)6-16-9)11-18-13(21)12-15-3-4-20(12)19-11/h3-7,17H,1-2H3,(H,22,23)(H,18,19,21). The first kappa shape index (κ1) is 15.5. The largest absolute Gasteiger partial charge is 0.494 e. The molecule has 3 heterocycles. The molecule has 1 unspecified atom stereocenters. The lowest BCUT2D eigenvalue weighted by Crippen LogP contribution is -2.25. The molecule has 0 aromatic carbocycles. The van der Waals surface area contributed by atoms with Crippen molar-refractivity contribution in [3.8, 4) is 17.1 Å². The Balaban J connectivity index is 2.13. The number of rotatable bonds is 4. The van der Waals surface area contributed by atoms with E-state index in [1.807, 2.05) is 0 Å². The Morgan fingerprint density at radius 1 is 1.46 bits per heavy atom. The zero-order valence-corrected chi connectivity index (χ0v) is 12.8. The number of methoxy groups -OCH3 is 1. The molecule has 0 bridgehead atoms. The molecule has 0 aliphatic rings. The number of fused-ring (bicyclic) bond motifs is 1. The number of imidazole rings is 1. The Kier molecular flexibility index (Phi) is 3.86. The number of ether oxygens (including phenoxy) is 1. The molecule has 1 amide bonds. The fourth-order valence-corrected chi connectivity index (χ4v) is 2.26. The zero-order valence-electron chi connectivity index (χ0n) is 12.8. The second kappa shape index (κ2) is 5.99. The Morgan fingerprint density at radius 3 is 2.96 bits per heavy atom. The van der Waals surface area contributed by atoms with Gasteiger partial charge in [-0.1, -0.05) is 0 Å². The summed E-state index contributed by atoms with van der Waals surface area (Å²) >= 11 is 0. The van der Waals surface area contributed by atoms with E-state index in [0.29, 0.717) is 17.0 Å². The van der Waals surface area contributed by atoms with Crippen molar-refractivity contribution in [2.75, 3.05) is 7.11 Å². The number of H-pyrrole nitrogens is 1. The smallest absolute Gasteiger partial charge is 0.405 e. The van der Waals surface area contributed by atoms with Crippen molar-refractivity contribution in [3.63, 3.8) is 0 Å². The molecule has 24 heavy (non-hydrogen) atoms. The zero-order chi connectivity index (χ0) is 17.3. The summed E-state index contributed by atoms with van der Waals surface area (Å²) < 4.78 is 6.62. The van der Waals surface area contributed by atoms with E-state index in [1.54, 1.807) is 19.2 Å². The van der Waals surface area contributed by atoms with Gasteiger partial charge >= 0.3 is 6.09 Å². The van der Waals surface area contributed by atoms with Crippen molar-refractivity contribution in [1.82, 2.24) is 29.9 Å². The summed E-state index contributed by atoms with van der Waals surface area (Å²) in [5.41, 5.74) is 0.714. The number of pyridine rings is 1. The van der Waals surface area contributed by atoms with Crippen molar-refractivity contribution >= 4 is 11.7 Å². The summed E-state index contributed by atoms with van der Waals surface area (Å²) in [6.07, 6.45) is 3.31. The Bertz CT molecular complexity index is 963. The molecule has 3 aromatic rings. The van der Waals surface area contributed by atoms with Crippen LogP contribution in [0.1, 0.15) is 18.7 Å². The first-order valence-electron chi connectivity index (χ1n) is 6.97. The van der Waals surface area contributed by atoms with Gasteiger partial charge in [0.15, 0.2) is 5.82 Å². The van der Waals surface area contributed by atoms with E-state index in [2.05, 4.69) is 25.4 Å². The van der Waals surface area contributed by atoms with E-state index in [0.717, 1.165) is 0 Å². The van der Waals surface area contributed by atoms with Gasteiger partial charge in [0.2, 0.25) is 5.65 Å². The highest BCUT2D eigenvalue weighted by molar-refractivity contribution is 5.66. The molecule has 1 atom stereocenters. The molecule has 0 spiro atoms. The van der Waals surface area contributed by atoms with E-state index >= 15 is 0 Å². The second-order valence-corrected chi connectivity index (χ2v) is 4.98. The maximum atomic E-state index is 12.1. The summed E-state index contributed by atoms with van der Waals surface area (Å²) in [4.78, 5) is 33.6. The van der Waals surface area contributed by atoms with Gasteiger partial charge in [0.05, 0.1) is 30.6 Å². The third-order valence-electron chi connectivity index (χ3n) is 3.41. The Morgan fingerprint density at radius 2 is 2.25 bits per heavy atom. The average molecular weight is 330 g/mol. The number of hydrogen-bond donors (Lipinski definition) is 3. The van der Waals surface area contributed by atoms with Crippen LogP contribution >= 0.6 is 0 Å². The third-order valence-corrected chi connectivity index (χ3v) is 3.41. The van der Waals surface area contributed by atoms with Gasteiger partial charge in [0, 0.05) is 12.4 Å². The van der Waals surface area contributed by atoms with Crippen LogP contribution in [-0.4, -0.2) is 42.9 Å². The first-order chi connectivity index (χ1) is 11.5. The van der Waals surface area contributed by atoms with E-state index in [4.69, 9.17) is 9.84 Å². The number of nitrogens with one attached hydrogen (secondary N) is 2. The quantitative estimate of drug-likeness (QED) is 0.644. The molecule has 3 rings (SSSR count). The Hall–Kier alpha value is -3.43. The molecule has 0 radical (unpaired) electrons. The van der Waals surface area contributed by atoms with Crippen LogP contribution in [0.2, 0.25) is 0 Å². The number of carboxylic acid groups (broad SMARTS) is 1. The monoisotopic (exact) mass is 330 g/mol. The second-order valence-electron chi connectivity index (χ2n) is 4.98. The minimum absolute atomic E-state index is 0.174. The van der Waals surface area contributed by atoms with Crippen molar-refractivity contribution in [2.45, 2.75) is 13.0 Å². The number of aromatic amines is 1. The molecule has 124 valence electrons. The van der Waals surface area contributed by atoms with Crippen molar-refractivity contribution in [2.24, 2.45) is 0 Å². The molecule has 0 fully saturated rings. The lowest BCUT2D eigenvalue weighted by Gasteiger charge is -2.14. The minimum Gasteiger partial charge on any atom is -0.494 e. The molecule has 0 saturated carbocycles. The molecule has 10 nitrogen and oxygen atoms in total. The highest BCUT2D eigenvalue weighted by Crippen LogP contribution is 2.28. The third kappa shape index (κ3) is 2.76. The van der Waals surface area contributed by atoms with Gasteiger partial charge in [-0.05, 0) is 13.0 Å². The summed E-state index contributed by atoms with van der Waals surface area (Å²) in [5, 5.41) is 15.4. The molecule has 3 N–H and O–H groups in total. The average Bonchev–Trinajstić information content (AvgIpc) is 3.02. The maximum Gasteiger partial charge on any atom is 0.405 e. The van der Waals surface area contributed by atoms with Gasteiger partial charge in [0.25, 0.3) is 5.56 Å². The molecule has 3 aromatic heterocycles. The number of aromatic nitrogens is 5. The minimum atomic E-state index is -1.16. The van der Waals surface area contributed by atoms with Crippen molar-refractivity contribution in [3.05, 3.63) is 40.7 Å². The molecule has 0 aliphatic heterocycles. The highest BCUT2D eigenvalue weighted by atomic mass is 16.5. The molecular formula is C14H14N6O4. The van der Waals surface area contributed by atoms with Crippen molar-refractivity contribution < 1.29 is 14.6 Å². The van der Waals surface area contributed by atoms with Crippen LogP contribution in [0, 0.1) is 0 Å². The predicted molar refractivity (Wildman–Crippen MR) is 83.0 cm³/mol. The van der Waals surface area contributed by atoms with E-state index in [-0.39, 0.29) is 11.5 Å². The van der Waals surface area contributed by atoms with E-state index in [1.165, 1.54) is 24.0 Å². The number of nitrogens with zero attached hydrogens (tertiary/aromatic N) is 4. The predicted octanol–water partition coefficient (Wildman–Crippen LogP) is 0.817. The van der Waals surface area contributed by atoms with E-state index in [9.17, 15) is 9.59 Å². The number of hydrogen-bond acceptors (Lipinski definition) is 6. The fraction of sp³-hybridized carbons (Fsp3) is 0.214. The van der Waals surface area contributed by atoms with Gasteiger partial charge in [-0.15, -0.1) is 5.10 Å². The number of carbonyl (C=O) groups is 1. The summed E-state index contributed by atoms with van der Waals surface area (Å²) in [6.45, 7) is 1.65. The van der Waals surface area contributed by atoms with Gasteiger partial charge in [-0.2, -0.15) is 0 Å². The van der Waals surface area contributed by atoms with Crippen molar-refractivity contribution in [1.29, 1.82) is 0 Å². The van der Waals surface area contributed by atoms with Crippen LogP contribution in [0.5, 0.6) is 5.75 Å². The topological polar surface area (TPSA) is 134 Å². The summed E-state index contributed by atoms with van der Waals surface area (Å²) in [6, 6.07) is 1.07. The first-order valence-corrected chi connectivity index (χ1v) is 6.97. The summed E-state index contributed by atoms with van der Waals surface area (Å²) in [7, 11) is 1.47. The lowest BCUT2D eigenvalue weighted by molar-refractivity contribution is 0.190. The highest BCUT2D eigenvalue weighted by Gasteiger charge is 2.16. The van der Waals surface area contributed by atoms with Gasteiger partial charge in [-0.25, -0.2) is 14.3 Å². The Labute approximate surface area is 135 Å². The molecule has 10 heteroatoms. The van der Waals surface area contributed by atoms with Crippen LogP contribution in [0.15, 0.2) is 29.5 Å². The van der Waals surface area contributed by atoms with Crippen LogP contribution in [0.25, 0.3) is 17.0 Å². The molecule has 0 aliphatic carbocycles. The van der Waals surface area contributed by atoms with Crippen LogP contribution in [-0.2, 0) is 0 Å². The lowest BCUT2D eigenvalue weighted by atomic mass is 10.1. The molecular weight excluding hydrogens is 316 g/mol. The van der Waals surface area contributed by atoms with E-state index < -0.39 is 17.7 Å². The van der Waals surface area contributed by atoms with Crippen LogP contribution in [0.3, 0.4) is 0 Å². The van der Waals surface area contributed by atoms with Crippen LogP contribution < -0.4 is 15.6 Å². The normalized spacial score (nSPS) is 12.1.